The van der Waals surface area contributed by atoms with Gasteiger partial charge in [0.1, 0.15) is 5.82 Å². The molecule has 1 atom stereocenters. The van der Waals surface area contributed by atoms with Gasteiger partial charge in [0, 0.05) is 23.9 Å². The maximum atomic E-state index is 13.3. The summed E-state index contributed by atoms with van der Waals surface area (Å²) in [7, 11) is 0. The van der Waals surface area contributed by atoms with Crippen LogP contribution in [0.2, 0.25) is 0 Å². The molecule has 1 aliphatic rings. The number of rotatable bonds is 3. The van der Waals surface area contributed by atoms with Crippen molar-refractivity contribution in [3.8, 4) is 0 Å². The number of halogens is 1. The molecule has 1 fully saturated rings. The maximum absolute atomic E-state index is 13.3. The Morgan fingerprint density at radius 1 is 1.19 bits per heavy atom. The molecule has 26 heavy (non-hydrogen) atoms. The number of nitrogens with one attached hydrogen (secondary N) is 1. The zero-order chi connectivity index (χ0) is 18.1. The molecule has 1 aliphatic heterocycles. The number of aromatic nitrogens is 2. The molecule has 132 valence electrons. The molecule has 0 spiro atoms. The topological polar surface area (TPSA) is 78.4 Å². The first-order valence-corrected chi connectivity index (χ1v) is 8.39. The van der Waals surface area contributed by atoms with Crippen LogP contribution in [0.4, 0.5) is 10.1 Å². The molecular weight excluding hydrogens is 335 g/mol. The first kappa shape index (κ1) is 16.4. The third-order valence-corrected chi connectivity index (χ3v) is 4.68. The summed E-state index contributed by atoms with van der Waals surface area (Å²) in [5, 5.41) is 8.71. The molecule has 6 nitrogen and oxygen atoms in total. The van der Waals surface area contributed by atoms with Gasteiger partial charge in [0.15, 0.2) is 0 Å². The fourth-order valence-electron chi connectivity index (χ4n) is 3.41. The molecule has 7 heteroatoms. The second-order valence-electron chi connectivity index (χ2n) is 6.27. The monoisotopic (exact) mass is 352 g/mol. The lowest BCUT2D eigenvalue weighted by Crippen LogP contribution is -2.24. The van der Waals surface area contributed by atoms with Crippen LogP contribution in [0.5, 0.6) is 0 Å². The lowest BCUT2D eigenvalue weighted by atomic mass is 10.1. The molecule has 2 aromatic carbocycles. The molecule has 1 saturated heterocycles. The van der Waals surface area contributed by atoms with E-state index in [1.165, 1.54) is 12.1 Å². The van der Waals surface area contributed by atoms with E-state index in [2.05, 4.69) is 14.9 Å². The Balaban J connectivity index is 1.64. The Kier molecular flexibility index (Phi) is 4.22. The highest BCUT2D eigenvalue weighted by Gasteiger charge is 2.28. The van der Waals surface area contributed by atoms with E-state index in [0.717, 1.165) is 30.8 Å². The largest absolute Gasteiger partial charge is 0.363 e. The van der Waals surface area contributed by atoms with Crippen LogP contribution in [0.25, 0.3) is 11.0 Å². The van der Waals surface area contributed by atoms with E-state index >= 15 is 0 Å². The second kappa shape index (κ2) is 6.68. The van der Waals surface area contributed by atoms with E-state index in [1.54, 1.807) is 29.9 Å². The number of hydrogen-bond donors (Lipinski definition) is 2. The second-order valence-corrected chi connectivity index (χ2v) is 6.27. The van der Waals surface area contributed by atoms with Gasteiger partial charge in [0.2, 0.25) is 0 Å². The number of hydrogen-bond acceptors (Lipinski definition) is 5. The number of nitrogens with zero attached hydrogens (tertiary/aromatic N) is 3. The third-order valence-electron chi connectivity index (χ3n) is 4.68. The van der Waals surface area contributed by atoms with Gasteiger partial charge < -0.3 is 4.90 Å². The highest BCUT2D eigenvalue weighted by molar-refractivity contribution is 5.93. The van der Waals surface area contributed by atoms with Gasteiger partial charge in [-0.2, -0.15) is 0 Å². The van der Waals surface area contributed by atoms with Gasteiger partial charge in [-0.3, -0.25) is 15.0 Å². The lowest BCUT2D eigenvalue weighted by Gasteiger charge is -2.26. The van der Waals surface area contributed by atoms with Gasteiger partial charge in [0.05, 0.1) is 29.0 Å². The summed E-state index contributed by atoms with van der Waals surface area (Å²) in [6.45, 7) is 0.874. The fraction of sp³-hybridized carbons (Fsp3) is 0.211. The van der Waals surface area contributed by atoms with Crippen molar-refractivity contribution < 1.29 is 14.4 Å². The van der Waals surface area contributed by atoms with E-state index < -0.39 is 5.91 Å². The predicted molar refractivity (Wildman–Crippen MR) is 94.5 cm³/mol. The Morgan fingerprint density at radius 2 is 2.00 bits per heavy atom. The summed E-state index contributed by atoms with van der Waals surface area (Å²) >= 11 is 0. The average Bonchev–Trinajstić information content (AvgIpc) is 3.17. The standard InChI is InChI=1S/C19H17FN4O2/c20-13-5-8-15-16(10-13)21-11-17(22-15)18-2-1-9-24(18)14-6-3-12(4-7-14)19(25)23-26/h3-8,10-11,18,26H,1-2,9H2,(H,23,25). The smallest absolute Gasteiger partial charge is 0.274 e. The molecule has 1 aromatic heterocycles. The highest BCUT2D eigenvalue weighted by Crippen LogP contribution is 2.35. The predicted octanol–water partition coefficient (Wildman–Crippen LogP) is 3.23. The molecule has 0 aliphatic carbocycles. The Labute approximate surface area is 149 Å². The number of hydroxylamine groups is 1. The van der Waals surface area contributed by atoms with Crippen molar-refractivity contribution in [3.05, 3.63) is 65.7 Å². The summed E-state index contributed by atoms with van der Waals surface area (Å²) in [4.78, 5) is 22.7. The van der Waals surface area contributed by atoms with Crippen LogP contribution in [0.15, 0.2) is 48.7 Å². The minimum absolute atomic E-state index is 0.0782. The molecular formula is C19H17FN4O2. The van der Waals surface area contributed by atoms with Crippen molar-refractivity contribution in [3.63, 3.8) is 0 Å². The molecule has 2 N–H and O–H groups in total. The normalized spacial score (nSPS) is 16.8. The van der Waals surface area contributed by atoms with E-state index in [0.29, 0.717) is 16.6 Å². The quantitative estimate of drug-likeness (QED) is 0.559. The first-order valence-electron chi connectivity index (χ1n) is 8.39. The van der Waals surface area contributed by atoms with Gasteiger partial charge in [-0.25, -0.2) is 14.9 Å². The Hall–Kier alpha value is -3.06. The van der Waals surface area contributed by atoms with Crippen LogP contribution in [0.3, 0.4) is 0 Å². The number of carbonyl (C=O) groups excluding carboxylic acids is 1. The van der Waals surface area contributed by atoms with Crippen LogP contribution < -0.4 is 10.4 Å². The minimum atomic E-state index is -0.540. The van der Waals surface area contributed by atoms with Crippen molar-refractivity contribution in [2.45, 2.75) is 18.9 Å². The number of benzene rings is 2. The highest BCUT2D eigenvalue weighted by atomic mass is 19.1. The van der Waals surface area contributed by atoms with Crippen LogP contribution >= 0.6 is 0 Å². The fourth-order valence-corrected chi connectivity index (χ4v) is 3.41. The van der Waals surface area contributed by atoms with Crippen molar-refractivity contribution >= 4 is 22.6 Å². The van der Waals surface area contributed by atoms with Crippen molar-refractivity contribution in [1.82, 2.24) is 15.4 Å². The van der Waals surface area contributed by atoms with Crippen LogP contribution in [0, 0.1) is 5.82 Å². The van der Waals surface area contributed by atoms with Gasteiger partial charge in [0.25, 0.3) is 5.91 Å². The molecule has 0 saturated carbocycles. The van der Waals surface area contributed by atoms with Crippen molar-refractivity contribution in [2.24, 2.45) is 0 Å². The van der Waals surface area contributed by atoms with Crippen LogP contribution in [-0.4, -0.2) is 27.6 Å². The number of anilines is 1. The summed E-state index contributed by atoms with van der Waals surface area (Å²) < 4.78 is 13.3. The molecule has 1 unspecified atom stereocenters. The summed E-state index contributed by atoms with van der Waals surface area (Å²) in [5.41, 5.74) is 5.05. The van der Waals surface area contributed by atoms with Crippen LogP contribution in [-0.2, 0) is 0 Å². The molecule has 2 heterocycles. The first-order chi connectivity index (χ1) is 12.7. The van der Waals surface area contributed by atoms with E-state index in [-0.39, 0.29) is 11.9 Å². The van der Waals surface area contributed by atoms with Gasteiger partial charge in [-0.05, 0) is 49.2 Å². The molecule has 3 aromatic rings. The third kappa shape index (κ3) is 2.97. The number of carbonyl (C=O) groups is 1. The number of fused-ring (bicyclic) bond motifs is 1. The minimum Gasteiger partial charge on any atom is -0.363 e. The molecule has 0 bridgehead atoms. The SMILES string of the molecule is O=C(NO)c1ccc(N2CCCC2c2cnc3cc(F)ccc3n2)cc1. The van der Waals surface area contributed by atoms with E-state index in [1.807, 2.05) is 12.1 Å². The lowest BCUT2D eigenvalue weighted by molar-refractivity contribution is 0.0706. The summed E-state index contributed by atoms with van der Waals surface area (Å²) in [6.07, 6.45) is 3.67. The molecule has 4 rings (SSSR count). The zero-order valence-electron chi connectivity index (χ0n) is 13.9. The number of amides is 1. The Bertz CT molecular complexity index is 961. The molecule has 0 radical (unpaired) electrons. The van der Waals surface area contributed by atoms with E-state index in [4.69, 9.17) is 5.21 Å². The van der Waals surface area contributed by atoms with E-state index in [9.17, 15) is 9.18 Å². The van der Waals surface area contributed by atoms with Gasteiger partial charge >= 0.3 is 0 Å². The zero-order valence-corrected chi connectivity index (χ0v) is 13.9. The van der Waals surface area contributed by atoms with Gasteiger partial charge in [-0.15, -0.1) is 0 Å². The van der Waals surface area contributed by atoms with Crippen molar-refractivity contribution in [1.29, 1.82) is 0 Å². The summed E-state index contributed by atoms with van der Waals surface area (Å²) in [6, 6.07) is 11.5. The maximum Gasteiger partial charge on any atom is 0.274 e. The van der Waals surface area contributed by atoms with Crippen molar-refractivity contribution in [2.75, 3.05) is 11.4 Å². The average molecular weight is 352 g/mol. The molecule has 1 amide bonds. The van der Waals surface area contributed by atoms with Gasteiger partial charge in [-0.1, -0.05) is 0 Å². The summed E-state index contributed by atoms with van der Waals surface area (Å²) in [5.74, 6) is -0.865. The Morgan fingerprint density at radius 3 is 2.77 bits per heavy atom. The van der Waals surface area contributed by atoms with Crippen LogP contribution in [0.1, 0.15) is 34.9 Å².